The van der Waals surface area contributed by atoms with Gasteiger partial charge in [0.2, 0.25) is 0 Å². The fourth-order valence-electron chi connectivity index (χ4n) is 2.55. The van der Waals surface area contributed by atoms with Gasteiger partial charge in [-0.2, -0.15) is 8.42 Å². The predicted octanol–water partition coefficient (Wildman–Crippen LogP) is 5.05. The quantitative estimate of drug-likeness (QED) is 0.304. The normalized spacial score (nSPS) is 11.4. The minimum atomic E-state index is -3.59. The molecule has 0 aliphatic rings. The molecule has 0 fully saturated rings. The van der Waals surface area contributed by atoms with Crippen molar-refractivity contribution in [1.82, 2.24) is 0 Å². The summed E-state index contributed by atoms with van der Waals surface area (Å²) in [5, 5.41) is 0. The van der Waals surface area contributed by atoms with Gasteiger partial charge in [0, 0.05) is 0 Å². The summed E-state index contributed by atoms with van der Waals surface area (Å²) in [4.78, 5) is 0. The zero-order valence-corrected chi connectivity index (χ0v) is 15.3. The summed E-state index contributed by atoms with van der Waals surface area (Å²) < 4.78 is 28.9. The van der Waals surface area contributed by atoms with Gasteiger partial charge >= 0.3 is 10.1 Å². The molecule has 0 aromatic heterocycles. The lowest BCUT2D eigenvalue weighted by Gasteiger charge is -2.11. The lowest BCUT2D eigenvalue weighted by atomic mass is 10.0. The molecule has 0 radical (unpaired) electrons. The van der Waals surface area contributed by atoms with Gasteiger partial charge in [-0.3, -0.25) is 0 Å². The van der Waals surface area contributed by atoms with E-state index in [1.165, 1.54) is 31.8 Å². The lowest BCUT2D eigenvalue weighted by molar-refractivity contribution is 0.488. The number of aryl methyl sites for hydroxylation is 2. The van der Waals surface area contributed by atoms with Crippen LogP contribution >= 0.6 is 0 Å². The second kappa shape index (κ2) is 10.5. The van der Waals surface area contributed by atoms with Crippen LogP contribution in [0.3, 0.4) is 0 Å². The highest BCUT2D eigenvalue weighted by Crippen LogP contribution is 2.22. The molecule has 0 N–H and O–H groups in total. The summed E-state index contributed by atoms with van der Waals surface area (Å²) >= 11 is 0. The second-order valence-corrected chi connectivity index (χ2v) is 7.61. The molecular formula is C19H30O3S. The van der Waals surface area contributed by atoms with Crippen LogP contribution in [0.5, 0.6) is 5.75 Å². The first-order chi connectivity index (χ1) is 11.0. The molecule has 0 aliphatic carbocycles. The summed E-state index contributed by atoms with van der Waals surface area (Å²) in [5.74, 6) is 0.269. The first-order valence-corrected chi connectivity index (χ1v) is 10.2. The summed E-state index contributed by atoms with van der Waals surface area (Å²) in [6.07, 6.45) is 10.2. The van der Waals surface area contributed by atoms with Gasteiger partial charge in [0.1, 0.15) is 11.5 Å². The average molecular weight is 339 g/mol. The molecule has 1 rings (SSSR count). The summed E-state index contributed by atoms with van der Waals surface area (Å²) in [6.45, 7) is 7.82. The minimum Gasteiger partial charge on any atom is -0.382 e. The largest absolute Gasteiger partial charge is 0.382 e. The third-order valence-electron chi connectivity index (χ3n) is 3.71. The van der Waals surface area contributed by atoms with Crippen LogP contribution in [0.25, 0.3) is 0 Å². The maximum Gasteiger partial charge on any atom is 0.312 e. The van der Waals surface area contributed by atoms with E-state index in [9.17, 15) is 8.42 Å². The highest BCUT2D eigenvalue weighted by atomic mass is 32.2. The van der Waals surface area contributed by atoms with Crippen LogP contribution < -0.4 is 4.18 Å². The molecule has 0 spiro atoms. The van der Waals surface area contributed by atoms with Crippen LogP contribution in [0.2, 0.25) is 0 Å². The Labute approximate surface area is 141 Å². The van der Waals surface area contributed by atoms with Crippen LogP contribution in [0.4, 0.5) is 0 Å². The number of rotatable bonds is 12. The molecule has 3 nitrogen and oxygen atoms in total. The van der Waals surface area contributed by atoms with E-state index in [2.05, 4.69) is 26.5 Å². The van der Waals surface area contributed by atoms with Crippen molar-refractivity contribution in [3.05, 3.63) is 42.0 Å². The molecule has 0 unspecified atom stereocenters. The van der Waals surface area contributed by atoms with Gasteiger partial charge in [0.25, 0.3) is 0 Å². The first-order valence-electron chi connectivity index (χ1n) is 8.66. The molecule has 0 aliphatic heterocycles. The Balaban J connectivity index is 2.90. The van der Waals surface area contributed by atoms with Crippen LogP contribution in [0.1, 0.15) is 63.5 Å². The van der Waals surface area contributed by atoms with E-state index >= 15 is 0 Å². The molecule has 0 amide bonds. The summed E-state index contributed by atoms with van der Waals surface area (Å²) in [5.41, 5.74) is 2.33. The number of benzene rings is 1. The predicted molar refractivity (Wildman–Crippen MR) is 97.5 cm³/mol. The van der Waals surface area contributed by atoms with Crippen molar-refractivity contribution < 1.29 is 12.6 Å². The molecule has 0 heterocycles. The topological polar surface area (TPSA) is 43.4 Å². The molecule has 130 valence electrons. The molecule has 23 heavy (non-hydrogen) atoms. The lowest BCUT2D eigenvalue weighted by Crippen LogP contribution is -2.12. The molecule has 1 aromatic carbocycles. The van der Waals surface area contributed by atoms with E-state index in [-0.39, 0.29) is 5.75 Å². The Bertz CT molecular complexity index is 548. The van der Waals surface area contributed by atoms with Crippen molar-refractivity contribution in [2.45, 2.75) is 65.2 Å². The maximum absolute atomic E-state index is 11.8. The minimum absolute atomic E-state index is 0.168. The molecule has 0 bridgehead atoms. The van der Waals surface area contributed by atoms with Gasteiger partial charge in [0.15, 0.2) is 0 Å². The van der Waals surface area contributed by atoms with Gasteiger partial charge in [-0.05, 0) is 48.9 Å². The van der Waals surface area contributed by atoms with E-state index in [4.69, 9.17) is 4.18 Å². The van der Waals surface area contributed by atoms with E-state index < -0.39 is 10.1 Å². The van der Waals surface area contributed by atoms with Crippen molar-refractivity contribution in [1.29, 1.82) is 0 Å². The highest BCUT2D eigenvalue weighted by Gasteiger charge is 2.12. The summed E-state index contributed by atoms with van der Waals surface area (Å²) in [7, 11) is -3.59. The molecule has 0 saturated heterocycles. The monoisotopic (exact) mass is 338 g/mol. The zero-order chi connectivity index (χ0) is 17.1. The Hall–Kier alpha value is -1.29. The van der Waals surface area contributed by atoms with Gasteiger partial charge < -0.3 is 4.18 Å². The fourth-order valence-corrected chi connectivity index (χ4v) is 3.29. The highest BCUT2D eigenvalue weighted by molar-refractivity contribution is 7.87. The number of unbranched alkanes of at least 4 members (excludes halogenated alkanes) is 4. The average Bonchev–Trinajstić information content (AvgIpc) is 2.47. The van der Waals surface area contributed by atoms with E-state index in [1.54, 1.807) is 0 Å². The fraction of sp³-hybridized carbons (Fsp3) is 0.579. The number of hydrogen-bond acceptors (Lipinski definition) is 3. The van der Waals surface area contributed by atoms with Crippen LogP contribution in [-0.2, 0) is 23.0 Å². The SMILES string of the molecule is C=CCS(=O)(=O)Oc1cc(CCCCC)cc(CCCCC)c1. The van der Waals surface area contributed by atoms with Gasteiger partial charge in [-0.15, -0.1) is 6.58 Å². The Kier molecular flexibility index (Phi) is 9.00. The smallest absolute Gasteiger partial charge is 0.312 e. The molecule has 4 heteroatoms. The van der Waals surface area contributed by atoms with Crippen molar-refractivity contribution in [2.75, 3.05) is 5.75 Å². The third kappa shape index (κ3) is 8.21. The van der Waals surface area contributed by atoms with Crippen molar-refractivity contribution >= 4 is 10.1 Å². The van der Waals surface area contributed by atoms with E-state index in [1.807, 2.05) is 12.1 Å². The molecule has 1 aromatic rings. The standard InChI is InChI=1S/C19H30O3S/c1-4-7-9-11-17-14-18(12-10-8-5-2)16-19(15-17)22-23(20,21)13-6-3/h6,14-16H,3-5,7-13H2,1-2H3. The van der Waals surface area contributed by atoms with Crippen molar-refractivity contribution in [3.8, 4) is 5.75 Å². The first kappa shape index (κ1) is 19.8. The van der Waals surface area contributed by atoms with Gasteiger partial charge in [-0.25, -0.2) is 0 Å². The Morgan fingerprint density at radius 3 is 1.91 bits per heavy atom. The van der Waals surface area contributed by atoms with E-state index in [0.717, 1.165) is 36.8 Å². The third-order valence-corrected chi connectivity index (χ3v) is 4.80. The molecule has 0 saturated carbocycles. The second-order valence-electron chi connectivity index (χ2n) is 6.00. The molecule has 0 atom stereocenters. The van der Waals surface area contributed by atoms with Crippen LogP contribution in [0.15, 0.2) is 30.9 Å². The summed E-state index contributed by atoms with van der Waals surface area (Å²) in [6, 6.07) is 5.91. The van der Waals surface area contributed by atoms with Crippen molar-refractivity contribution in [3.63, 3.8) is 0 Å². The van der Waals surface area contributed by atoms with Crippen molar-refractivity contribution in [2.24, 2.45) is 0 Å². The van der Waals surface area contributed by atoms with Crippen LogP contribution in [0, 0.1) is 0 Å². The Morgan fingerprint density at radius 2 is 1.48 bits per heavy atom. The van der Waals surface area contributed by atoms with E-state index in [0.29, 0.717) is 5.75 Å². The number of hydrogen-bond donors (Lipinski definition) is 0. The van der Waals surface area contributed by atoms with Gasteiger partial charge in [0.05, 0.1) is 0 Å². The zero-order valence-electron chi connectivity index (χ0n) is 14.5. The van der Waals surface area contributed by atoms with Gasteiger partial charge in [-0.1, -0.05) is 51.7 Å². The van der Waals surface area contributed by atoms with Crippen LogP contribution in [-0.4, -0.2) is 14.2 Å². The maximum atomic E-state index is 11.8. The Morgan fingerprint density at radius 1 is 0.957 bits per heavy atom. The molecular weight excluding hydrogens is 308 g/mol.